The number of piperidine rings is 1. The van der Waals surface area contributed by atoms with Crippen LogP contribution in [0.25, 0.3) is 0 Å². The first-order chi connectivity index (χ1) is 18.9. The third kappa shape index (κ3) is 9.79. The summed E-state index contributed by atoms with van der Waals surface area (Å²) in [6.07, 6.45) is -3.41. The number of aryl methyl sites for hydroxylation is 2. The lowest BCUT2D eigenvalue weighted by molar-refractivity contribution is -0.166. The molecule has 216 valence electrons. The number of carbonyl (C=O) groups is 5. The van der Waals surface area contributed by atoms with Crippen LogP contribution in [0, 0.1) is 13.8 Å². The minimum Gasteiger partial charge on any atom is -0.478 e. The lowest BCUT2D eigenvalue weighted by Gasteiger charge is -2.25. The Morgan fingerprint density at radius 3 is 1.55 bits per heavy atom. The number of carbonyl (C=O) groups excluding carboxylic acids is 3. The van der Waals surface area contributed by atoms with Gasteiger partial charge in [0, 0.05) is 6.54 Å². The monoisotopic (exact) mass is 559 g/mol. The predicted molar refractivity (Wildman–Crippen MR) is 140 cm³/mol. The zero-order chi connectivity index (χ0) is 29.8. The van der Waals surface area contributed by atoms with E-state index < -0.39 is 36.1 Å². The van der Waals surface area contributed by atoms with Crippen LogP contribution in [0.2, 0.25) is 0 Å². The van der Waals surface area contributed by atoms with Crippen molar-refractivity contribution in [3.8, 4) is 0 Å². The van der Waals surface area contributed by atoms with Gasteiger partial charge in [0.05, 0.1) is 23.8 Å². The number of β-amino-alcohol motifs (C(OH)–C–C–N with tert-alkyl or cyclic N) is 1. The molecule has 2 aromatic rings. The van der Waals surface area contributed by atoms with E-state index >= 15 is 0 Å². The van der Waals surface area contributed by atoms with Gasteiger partial charge in [-0.1, -0.05) is 35.4 Å². The highest BCUT2D eigenvalue weighted by molar-refractivity contribution is 5.95. The molecule has 1 fully saturated rings. The van der Waals surface area contributed by atoms with Gasteiger partial charge in [0.1, 0.15) is 6.04 Å². The van der Waals surface area contributed by atoms with E-state index in [1.807, 2.05) is 0 Å². The van der Waals surface area contributed by atoms with Crippen LogP contribution in [0.5, 0.6) is 0 Å². The second kappa shape index (κ2) is 15.3. The van der Waals surface area contributed by atoms with Crippen LogP contribution < -0.4 is 5.32 Å². The zero-order valence-electron chi connectivity index (χ0n) is 22.4. The molecule has 2 aromatic carbocycles. The van der Waals surface area contributed by atoms with Gasteiger partial charge in [0.15, 0.2) is 0 Å². The molecule has 1 aliphatic heterocycles. The molecule has 0 aromatic heterocycles. The van der Waals surface area contributed by atoms with Gasteiger partial charge in [-0.15, -0.1) is 0 Å². The molecule has 0 bridgehead atoms. The number of carboxylic acids is 2. The summed E-state index contributed by atoms with van der Waals surface area (Å²) >= 11 is 0. The fourth-order valence-corrected chi connectivity index (χ4v) is 3.51. The van der Waals surface area contributed by atoms with Gasteiger partial charge in [-0.25, -0.2) is 19.2 Å². The molecule has 1 aliphatic rings. The zero-order valence-corrected chi connectivity index (χ0v) is 22.4. The van der Waals surface area contributed by atoms with Gasteiger partial charge >= 0.3 is 29.8 Å². The fraction of sp³-hybridized carbons (Fsp3) is 0.393. The van der Waals surface area contributed by atoms with Crippen LogP contribution in [0.15, 0.2) is 48.5 Å². The number of aliphatic carboxylic acids is 2. The van der Waals surface area contributed by atoms with E-state index in [0.717, 1.165) is 11.1 Å². The number of rotatable bonds is 9. The Bertz CT molecular complexity index is 1090. The summed E-state index contributed by atoms with van der Waals surface area (Å²) < 4.78 is 14.5. The third-order valence-electron chi connectivity index (χ3n) is 5.76. The van der Waals surface area contributed by atoms with Gasteiger partial charge in [-0.2, -0.15) is 0 Å². The maximum Gasteiger partial charge on any atom is 0.349 e. The van der Waals surface area contributed by atoms with Crippen molar-refractivity contribution in [3.63, 3.8) is 0 Å². The van der Waals surface area contributed by atoms with Crippen LogP contribution >= 0.6 is 0 Å². The van der Waals surface area contributed by atoms with Crippen LogP contribution in [0.3, 0.4) is 0 Å². The molecule has 3 rings (SSSR count). The second-order valence-corrected chi connectivity index (χ2v) is 9.00. The summed E-state index contributed by atoms with van der Waals surface area (Å²) in [6.45, 7) is 6.28. The van der Waals surface area contributed by atoms with Crippen molar-refractivity contribution in [2.24, 2.45) is 0 Å². The lowest BCUT2D eigenvalue weighted by atomic mass is 10.0. The highest BCUT2D eigenvalue weighted by Crippen LogP contribution is 2.14. The predicted octanol–water partition coefficient (Wildman–Crippen LogP) is 1.89. The molecular formula is C28H33NO11. The quantitative estimate of drug-likeness (QED) is 0.259. The first-order valence-corrected chi connectivity index (χ1v) is 12.5. The SMILES string of the molecule is CCOC(=O)C1CCC(O)CN1.Cc1ccc(C(=O)OC(C(=O)O)C(OC(=O)c2ccc(C)cc2)C(=O)O)cc1. The molecule has 1 saturated heterocycles. The number of esters is 3. The highest BCUT2D eigenvalue weighted by Gasteiger charge is 2.41. The minimum absolute atomic E-state index is 0.0332. The summed E-state index contributed by atoms with van der Waals surface area (Å²) in [5.74, 6) is -5.83. The van der Waals surface area contributed by atoms with Gasteiger partial charge in [0.2, 0.25) is 12.2 Å². The van der Waals surface area contributed by atoms with Crippen molar-refractivity contribution in [1.82, 2.24) is 5.32 Å². The molecule has 12 heteroatoms. The first-order valence-electron chi connectivity index (χ1n) is 12.5. The molecule has 12 nitrogen and oxygen atoms in total. The summed E-state index contributed by atoms with van der Waals surface area (Å²) in [7, 11) is 0. The molecular weight excluding hydrogens is 526 g/mol. The van der Waals surface area contributed by atoms with Crippen molar-refractivity contribution in [1.29, 1.82) is 0 Å². The number of aliphatic hydroxyl groups is 1. The van der Waals surface area contributed by atoms with E-state index in [1.165, 1.54) is 24.3 Å². The van der Waals surface area contributed by atoms with E-state index in [0.29, 0.717) is 26.0 Å². The Hall–Kier alpha value is -4.29. The van der Waals surface area contributed by atoms with E-state index in [2.05, 4.69) is 5.32 Å². The number of ether oxygens (including phenoxy) is 3. The number of benzene rings is 2. The van der Waals surface area contributed by atoms with Gasteiger partial charge in [0.25, 0.3) is 0 Å². The largest absolute Gasteiger partial charge is 0.478 e. The number of aliphatic hydroxyl groups excluding tert-OH is 1. The highest BCUT2D eigenvalue weighted by atomic mass is 16.6. The second-order valence-electron chi connectivity index (χ2n) is 9.00. The average molecular weight is 560 g/mol. The van der Waals surface area contributed by atoms with Crippen molar-refractivity contribution in [2.75, 3.05) is 13.2 Å². The molecule has 4 unspecified atom stereocenters. The molecule has 4 N–H and O–H groups in total. The first kappa shape index (κ1) is 31.9. The molecule has 1 heterocycles. The van der Waals surface area contributed by atoms with Crippen LogP contribution in [-0.4, -0.2) is 82.7 Å². The Kier molecular flexibility index (Phi) is 12.2. The van der Waals surface area contributed by atoms with Crippen molar-refractivity contribution >= 4 is 29.8 Å². The maximum absolute atomic E-state index is 12.2. The van der Waals surface area contributed by atoms with Gasteiger partial charge < -0.3 is 34.8 Å². The van der Waals surface area contributed by atoms with E-state index in [1.54, 1.807) is 45.0 Å². The summed E-state index contributed by atoms with van der Waals surface area (Å²) in [6, 6.07) is 11.9. The number of hydrogen-bond acceptors (Lipinski definition) is 10. The number of carboxylic acid groups (broad SMARTS) is 2. The average Bonchev–Trinajstić information content (AvgIpc) is 2.91. The molecule has 0 amide bonds. The molecule has 4 atom stereocenters. The molecule has 0 saturated carbocycles. The van der Waals surface area contributed by atoms with Crippen molar-refractivity contribution in [2.45, 2.75) is 58.0 Å². The van der Waals surface area contributed by atoms with E-state index in [9.17, 15) is 34.2 Å². The standard InChI is InChI=1S/C20H18O8.C8H15NO3/c1-11-3-7-13(8-4-11)19(25)27-15(17(21)22)16(18(23)24)28-20(26)14-9-5-12(2)6-10-14;1-2-12-8(11)7-4-3-6(10)5-9-7/h3-10,15-16H,1-2H3,(H,21,22)(H,23,24);6-7,9-10H,2-5H2,1H3. The van der Waals surface area contributed by atoms with Crippen LogP contribution in [0.4, 0.5) is 0 Å². The van der Waals surface area contributed by atoms with Crippen LogP contribution in [0.1, 0.15) is 51.6 Å². The topological polar surface area (TPSA) is 186 Å². The number of nitrogens with one attached hydrogen (secondary N) is 1. The third-order valence-corrected chi connectivity index (χ3v) is 5.76. The Morgan fingerprint density at radius 1 is 0.800 bits per heavy atom. The normalized spacial score (nSPS) is 17.7. The van der Waals surface area contributed by atoms with Gasteiger partial charge in [-0.05, 0) is 57.9 Å². The van der Waals surface area contributed by atoms with Crippen LogP contribution in [-0.2, 0) is 28.6 Å². The lowest BCUT2D eigenvalue weighted by Crippen LogP contribution is -2.46. The van der Waals surface area contributed by atoms with Crippen molar-refractivity contribution < 1.29 is 53.5 Å². The smallest absolute Gasteiger partial charge is 0.349 e. The molecule has 0 aliphatic carbocycles. The number of hydrogen-bond donors (Lipinski definition) is 4. The summed E-state index contributed by atoms with van der Waals surface area (Å²) in [4.78, 5) is 58.5. The summed E-state index contributed by atoms with van der Waals surface area (Å²) in [5, 5.41) is 30.7. The summed E-state index contributed by atoms with van der Waals surface area (Å²) in [5.41, 5.74) is 1.79. The molecule has 0 spiro atoms. The minimum atomic E-state index is -2.22. The fourth-order valence-electron chi connectivity index (χ4n) is 3.51. The maximum atomic E-state index is 12.2. The Balaban J connectivity index is 0.000000389. The molecule has 0 radical (unpaired) electrons. The van der Waals surface area contributed by atoms with E-state index in [4.69, 9.17) is 19.3 Å². The van der Waals surface area contributed by atoms with Gasteiger partial charge in [-0.3, -0.25) is 4.79 Å². The molecule has 40 heavy (non-hydrogen) atoms. The van der Waals surface area contributed by atoms with Crippen molar-refractivity contribution in [3.05, 3.63) is 70.8 Å². The Morgan fingerprint density at radius 2 is 1.23 bits per heavy atom. The Labute approximate surface area is 230 Å². The van der Waals surface area contributed by atoms with E-state index in [-0.39, 0.29) is 29.2 Å².